The van der Waals surface area contributed by atoms with Crippen LogP contribution in [0.25, 0.3) is 45.0 Å². The third-order valence-corrected chi connectivity index (χ3v) is 4.66. The zero-order valence-electron chi connectivity index (χ0n) is 14.8. The lowest BCUT2D eigenvalue weighted by molar-refractivity contribution is 0.432. The van der Waals surface area contributed by atoms with Crippen LogP contribution in [-0.2, 0) is 6.54 Å². The minimum atomic E-state index is 0.505. The van der Waals surface area contributed by atoms with Gasteiger partial charge in [-0.15, -0.1) is 0 Å². The van der Waals surface area contributed by atoms with Gasteiger partial charge in [-0.2, -0.15) is 10.1 Å². The Labute approximate surface area is 155 Å². The normalized spacial score (nSPS) is 11.3. The minimum Gasteiger partial charge on any atom is -0.361 e. The fourth-order valence-corrected chi connectivity index (χ4v) is 3.29. The van der Waals surface area contributed by atoms with E-state index in [-0.39, 0.29) is 0 Å². The SMILES string of the molecule is CCn1nccc1-c1cccc(-c2noc(-c3ccc4cc[nH]c4c3)n2)c1. The molecule has 0 radical (unpaired) electrons. The Bertz CT molecular complexity index is 1230. The van der Waals surface area contributed by atoms with Crippen LogP contribution in [0, 0.1) is 0 Å². The average Bonchev–Trinajstić information content (AvgIpc) is 3.47. The summed E-state index contributed by atoms with van der Waals surface area (Å²) in [6.07, 6.45) is 3.73. The van der Waals surface area contributed by atoms with E-state index < -0.39 is 0 Å². The third kappa shape index (κ3) is 2.71. The van der Waals surface area contributed by atoms with E-state index >= 15 is 0 Å². The van der Waals surface area contributed by atoms with E-state index in [2.05, 4.69) is 39.3 Å². The molecule has 0 aliphatic carbocycles. The zero-order chi connectivity index (χ0) is 18.2. The van der Waals surface area contributed by atoms with E-state index in [0.29, 0.717) is 11.7 Å². The molecule has 3 heterocycles. The molecule has 0 bridgehead atoms. The zero-order valence-corrected chi connectivity index (χ0v) is 14.8. The van der Waals surface area contributed by atoms with Crippen molar-refractivity contribution in [2.24, 2.45) is 0 Å². The van der Waals surface area contributed by atoms with Crippen LogP contribution in [0.3, 0.4) is 0 Å². The second-order valence-corrected chi connectivity index (χ2v) is 6.32. The number of H-pyrrole nitrogens is 1. The summed E-state index contributed by atoms with van der Waals surface area (Å²) in [4.78, 5) is 7.80. The first kappa shape index (κ1) is 15.6. The number of aryl methyl sites for hydroxylation is 1. The second-order valence-electron chi connectivity index (χ2n) is 6.32. The Hall–Kier alpha value is -3.67. The number of nitrogens with zero attached hydrogens (tertiary/aromatic N) is 4. The topological polar surface area (TPSA) is 72.5 Å². The molecule has 2 aromatic carbocycles. The van der Waals surface area contributed by atoms with Crippen molar-refractivity contribution in [3.63, 3.8) is 0 Å². The molecular formula is C21H17N5O. The van der Waals surface area contributed by atoms with Gasteiger partial charge in [0.2, 0.25) is 5.82 Å². The molecule has 0 unspecified atom stereocenters. The molecule has 0 fully saturated rings. The van der Waals surface area contributed by atoms with Gasteiger partial charge < -0.3 is 9.51 Å². The molecule has 0 atom stereocenters. The second kappa shape index (κ2) is 6.25. The molecule has 1 N–H and O–H groups in total. The van der Waals surface area contributed by atoms with Crippen molar-refractivity contribution in [1.29, 1.82) is 0 Å². The highest BCUT2D eigenvalue weighted by molar-refractivity contribution is 5.83. The number of hydrogen-bond acceptors (Lipinski definition) is 4. The lowest BCUT2D eigenvalue weighted by Gasteiger charge is -2.05. The summed E-state index contributed by atoms with van der Waals surface area (Å²) < 4.78 is 7.48. The van der Waals surface area contributed by atoms with E-state index in [1.807, 2.05) is 59.5 Å². The monoisotopic (exact) mass is 355 g/mol. The van der Waals surface area contributed by atoms with Crippen molar-refractivity contribution in [2.45, 2.75) is 13.5 Å². The quantitative estimate of drug-likeness (QED) is 0.504. The molecule has 0 saturated heterocycles. The summed E-state index contributed by atoms with van der Waals surface area (Å²) in [5.41, 5.74) is 4.99. The fraction of sp³-hybridized carbons (Fsp3) is 0.0952. The highest BCUT2D eigenvalue weighted by atomic mass is 16.5. The Balaban J connectivity index is 1.52. The summed E-state index contributed by atoms with van der Waals surface area (Å²) >= 11 is 0. The van der Waals surface area contributed by atoms with Crippen LogP contribution in [0.5, 0.6) is 0 Å². The molecule has 5 aromatic rings. The summed E-state index contributed by atoms with van der Waals surface area (Å²) in [6.45, 7) is 2.90. The van der Waals surface area contributed by atoms with Crippen molar-refractivity contribution >= 4 is 10.9 Å². The van der Waals surface area contributed by atoms with Gasteiger partial charge in [-0.05, 0) is 42.6 Å². The lowest BCUT2D eigenvalue weighted by atomic mass is 10.1. The lowest BCUT2D eigenvalue weighted by Crippen LogP contribution is -1.98. The maximum Gasteiger partial charge on any atom is 0.258 e. The van der Waals surface area contributed by atoms with Gasteiger partial charge in [-0.3, -0.25) is 4.68 Å². The van der Waals surface area contributed by atoms with Crippen LogP contribution in [0.1, 0.15) is 6.92 Å². The summed E-state index contributed by atoms with van der Waals surface area (Å²) in [6, 6.07) is 18.2. The maximum absolute atomic E-state index is 5.51. The first-order chi connectivity index (χ1) is 13.3. The van der Waals surface area contributed by atoms with E-state index in [0.717, 1.165) is 39.8 Å². The number of rotatable bonds is 4. The minimum absolute atomic E-state index is 0.505. The van der Waals surface area contributed by atoms with Crippen molar-refractivity contribution in [3.8, 4) is 34.1 Å². The Morgan fingerprint density at radius 3 is 2.85 bits per heavy atom. The number of hydrogen-bond donors (Lipinski definition) is 1. The Morgan fingerprint density at radius 2 is 1.93 bits per heavy atom. The number of aromatic nitrogens is 5. The van der Waals surface area contributed by atoms with Crippen LogP contribution < -0.4 is 0 Å². The van der Waals surface area contributed by atoms with Gasteiger partial charge in [0.15, 0.2) is 0 Å². The number of benzene rings is 2. The predicted octanol–water partition coefficient (Wildman–Crippen LogP) is 4.77. The molecule has 0 saturated carbocycles. The molecule has 0 aliphatic rings. The number of fused-ring (bicyclic) bond motifs is 1. The van der Waals surface area contributed by atoms with E-state index in [1.165, 1.54) is 0 Å². The molecule has 0 amide bonds. The smallest absolute Gasteiger partial charge is 0.258 e. The molecule has 6 heteroatoms. The predicted molar refractivity (Wildman–Crippen MR) is 104 cm³/mol. The van der Waals surface area contributed by atoms with Crippen molar-refractivity contribution in [1.82, 2.24) is 24.9 Å². The standard InChI is InChI=1S/C21H17N5O/c1-2-26-19(9-11-23-26)15-4-3-5-16(12-15)20-24-21(27-25-20)17-7-6-14-8-10-22-18(14)13-17/h3-13,22H,2H2,1H3. The number of aromatic amines is 1. The third-order valence-electron chi connectivity index (χ3n) is 4.66. The van der Waals surface area contributed by atoms with E-state index in [9.17, 15) is 0 Å². The molecule has 27 heavy (non-hydrogen) atoms. The van der Waals surface area contributed by atoms with Crippen molar-refractivity contribution in [3.05, 3.63) is 67.0 Å². The van der Waals surface area contributed by atoms with Crippen molar-refractivity contribution in [2.75, 3.05) is 0 Å². The highest BCUT2D eigenvalue weighted by Crippen LogP contribution is 2.28. The molecule has 3 aromatic heterocycles. The Kier molecular flexibility index (Phi) is 3.60. The van der Waals surface area contributed by atoms with Gasteiger partial charge in [0.25, 0.3) is 5.89 Å². The first-order valence-corrected chi connectivity index (χ1v) is 8.85. The van der Waals surface area contributed by atoms with Gasteiger partial charge in [-0.25, -0.2) is 0 Å². The van der Waals surface area contributed by atoms with Gasteiger partial charge in [0, 0.05) is 41.1 Å². The molecule has 0 aliphatic heterocycles. The summed E-state index contributed by atoms with van der Waals surface area (Å²) in [7, 11) is 0. The molecule has 132 valence electrons. The molecule has 0 spiro atoms. The molecule has 5 rings (SSSR count). The largest absolute Gasteiger partial charge is 0.361 e. The van der Waals surface area contributed by atoms with Crippen molar-refractivity contribution < 1.29 is 4.52 Å². The van der Waals surface area contributed by atoms with Crippen LogP contribution in [-0.4, -0.2) is 24.9 Å². The average molecular weight is 355 g/mol. The first-order valence-electron chi connectivity index (χ1n) is 8.85. The summed E-state index contributed by atoms with van der Waals surface area (Å²) in [5, 5.41) is 9.67. The van der Waals surface area contributed by atoms with Gasteiger partial charge >= 0.3 is 0 Å². The molecular weight excluding hydrogens is 338 g/mol. The van der Waals surface area contributed by atoms with Gasteiger partial charge in [0.05, 0.1) is 5.69 Å². The van der Waals surface area contributed by atoms with Gasteiger partial charge in [-0.1, -0.05) is 29.4 Å². The van der Waals surface area contributed by atoms with Crippen LogP contribution >= 0.6 is 0 Å². The van der Waals surface area contributed by atoms with Crippen LogP contribution in [0.2, 0.25) is 0 Å². The molecule has 6 nitrogen and oxygen atoms in total. The highest BCUT2D eigenvalue weighted by Gasteiger charge is 2.13. The van der Waals surface area contributed by atoms with E-state index in [4.69, 9.17) is 4.52 Å². The van der Waals surface area contributed by atoms with Crippen LogP contribution in [0.4, 0.5) is 0 Å². The van der Waals surface area contributed by atoms with Gasteiger partial charge in [0.1, 0.15) is 0 Å². The number of nitrogens with one attached hydrogen (secondary N) is 1. The fourth-order valence-electron chi connectivity index (χ4n) is 3.29. The van der Waals surface area contributed by atoms with E-state index in [1.54, 1.807) is 0 Å². The maximum atomic E-state index is 5.51. The van der Waals surface area contributed by atoms with Crippen LogP contribution in [0.15, 0.2) is 71.5 Å². The summed E-state index contributed by atoms with van der Waals surface area (Å²) in [5.74, 6) is 1.08. The Morgan fingerprint density at radius 1 is 1.00 bits per heavy atom.